The molecule has 5 rings (SSSR count). The second-order valence-electron chi connectivity index (χ2n) is 15.2. The minimum atomic E-state index is -1.86. The van der Waals surface area contributed by atoms with Crippen LogP contribution >= 0.6 is 11.3 Å². The number of hydrogen-bond acceptors (Lipinski definition) is 4. The number of carbonyl (C=O) groups excluding carboxylic acids is 1. The minimum absolute atomic E-state index is 0. The van der Waals surface area contributed by atoms with E-state index in [0.717, 1.165) is 36.9 Å². The zero-order chi connectivity index (χ0) is 36.9. The van der Waals surface area contributed by atoms with Gasteiger partial charge in [0.05, 0.1) is 5.76 Å². The van der Waals surface area contributed by atoms with E-state index >= 15 is 0 Å². The van der Waals surface area contributed by atoms with Gasteiger partial charge in [0.2, 0.25) is 0 Å². The normalized spacial score (nSPS) is 12.1. The Hall–Kier alpha value is -2.57. The third kappa shape index (κ3) is 9.90. The summed E-state index contributed by atoms with van der Waals surface area (Å²) in [4.78, 5) is 18.0. The third-order valence-electron chi connectivity index (χ3n) is 10.2. The van der Waals surface area contributed by atoms with Gasteiger partial charge in [-0.25, -0.2) is 0 Å². The first-order valence-electron chi connectivity index (χ1n) is 18.6. The van der Waals surface area contributed by atoms with Gasteiger partial charge in [-0.1, -0.05) is 59.2 Å². The molecular weight excluding hydrogens is 883 g/mol. The molecular formula is C45H58GeIrNO2S-. The van der Waals surface area contributed by atoms with Crippen LogP contribution in [0.4, 0.5) is 0 Å². The average molecular weight is 942 g/mol. The Morgan fingerprint density at radius 2 is 1.53 bits per heavy atom. The van der Waals surface area contributed by atoms with Gasteiger partial charge in [-0.15, -0.1) is 0 Å². The standard InChI is InChI=1S/C32H34GeNS.C13H24O2.Ir/c1-19(2)29-18-24(17-23-15-20(3)9-11-28(23)29)30-32-27(13-14-34-30)22(5)31(35-32)26-12-10-25(16-21(26)4)33(6,7)8;1-5-10(6-2)12(14)9-13(15)11(7-3)8-4;/h9-16,18-19H,1-8H3;9-11,14H,5-8H2,1-4H3;/q-1;;/b;12-9-;. The summed E-state index contributed by atoms with van der Waals surface area (Å²) in [5.74, 6) is 8.37. The Morgan fingerprint density at radius 3 is 2.10 bits per heavy atom. The second-order valence-corrected chi connectivity index (χ2v) is 26.9. The smallest absolute Gasteiger partial charge is 0 e. The van der Waals surface area contributed by atoms with Crippen LogP contribution in [0, 0.1) is 38.7 Å². The summed E-state index contributed by atoms with van der Waals surface area (Å²) < 4.78 is 2.82. The summed E-state index contributed by atoms with van der Waals surface area (Å²) >= 11 is 0.0222. The predicted molar refractivity (Wildman–Crippen MR) is 222 cm³/mol. The van der Waals surface area contributed by atoms with Crippen molar-refractivity contribution < 1.29 is 30.0 Å². The van der Waals surface area contributed by atoms with E-state index in [2.05, 4.69) is 106 Å². The zero-order valence-electron chi connectivity index (χ0n) is 32.9. The molecule has 0 saturated heterocycles. The molecule has 0 saturated carbocycles. The van der Waals surface area contributed by atoms with Gasteiger partial charge >= 0.3 is 179 Å². The van der Waals surface area contributed by atoms with E-state index in [1.54, 1.807) is 4.40 Å². The van der Waals surface area contributed by atoms with E-state index in [0.29, 0.717) is 5.92 Å². The molecule has 0 bridgehead atoms. The van der Waals surface area contributed by atoms with E-state index in [1.807, 2.05) is 45.2 Å². The van der Waals surface area contributed by atoms with Crippen molar-refractivity contribution in [3.8, 4) is 21.7 Å². The first-order chi connectivity index (χ1) is 23.6. The van der Waals surface area contributed by atoms with E-state index in [1.165, 1.54) is 59.6 Å². The quantitative estimate of drug-likeness (QED) is 0.0621. The van der Waals surface area contributed by atoms with Gasteiger partial charge in [0.15, 0.2) is 5.78 Å². The van der Waals surface area contributed by atoms with Crippen molar-refractivity contribution in [1.29, 1.82) is 0 Å². The predicted octanol–water partition coefficient (Wildman–Crippen LogP) is 13.0. The molecule has 2 aromatic heterocycles. The maximum atomic E-state index is 11.7. The molecule has 1 N–H and O–H groups in total. The van der Waals surface area contributed by atoms with Crippen LogP contribution in [0.5, 0.6) is 0 Å². The fourth-order valence-electron chi connectivity index (χ4n) is 6.79. The van der Waals surface area contributed by atoms with Crippen molar-refractivity contribution in [2.24, 2.45) is 11.8 Å². The summed E-state index contributed by atoms with van der Waals surface area (Å²) in [6.45, 7) is 19.3. The molecule has 2 heterocycles. The molecule has 0 fully saturated rings. The minimum Gasteiger partial charge on any atom is 0 e. The Bertz CT molecular complexity index is 1990. The number of ketones is 1. The van der Waals surface area contributed by atoms with Gasteiger partial charge in [-0.05, 0) is 32.6 Å². The summed E-state index contributed by atoms with van der Waals surface area (Å²) in [6, 6.07) is 22.1. The Kier molecular flexibility index (Phi) is 15.5. The Morgan fingerprint density at radius 1 is 0.882 bits per heavy atom. The van der Waals surface area contributed by atoms with E-state index in [4.69, 9.17) is 4.98 Å². The number of nitrogens with zero attached hydrogens (tertiary/aromatic N) is 1. The summed E-state index contributed by atoms with van der Waals surface area (Å²) in [6.07, 6.45) is 6.87. The van der Waals surface area contributed by atoms with Gasteiger partial charge in [-0.2, -0.15) is 0 Å². The SMILES string of the molecule is CCC(CC)C(=O)/C=C(\O)C(CC)CC.Cc1ccc2c(C(C)C)cc(-c3nccc4c(C)c(-c5cc[c]([Ge]([CH3])([CH3])[CH3])cc5C)sc34)[c-]c2c1.[Ir]. The number of aliphatic hydroxyl groups excluding tert-OH is 1. The number of pyridine rings is 1. The van der Waals surface area contributed by atoms with Crippen LogP contribution < -0.4 is 4.40 Å². The van der Waals surface area contributed by atoms with Crippen molar-refractivity contribution in [1.82, 2.24) is 4.98 Å². The molecule has 0 amide bonds. The number of carbonyl (C=O) groups is 1. The van der Waals surface area contributed by atoms with Gasteiger partial charge in [-0.3, -0.25) is 4.79 Å². The molecule has 6 heteroatoms. The van der Waals surface area contributed by atoms with Crippen LogP contribution in [-0.2, 0) is 24.9 Å². The molecule has 0 atom stereocenters. The Balaban J connectivity index is 0.000000374. The van der Waals surface area contributed by atoms with Gasteiger partial charge < -0.3 is 5.11 Å². The van der Waals surface area contributed by atoms with Crippen LogP contribution in [0.15, 0.2) is 66.6 Å². The fourth-order valence-corrected chi connectivity index (χ4v) is 10.8. The number of aryl methyl sites for hydroxylation is 3. The summed E-state index contributed by atoms with van der Waals surface area (Å²) in [7, 11) is 0. The van der Waals surface area contributed by atoms with Gasteiger partial charge in [0.25, 0.3) is 0 Å². The molecule has 0 aliphatic heterocycles. The first kappa shape index (κ1) is 42.8. The molecule has 0 spiro atoms. The van der Waals surface area contributed by atoms with Crippen LogP contribution in [-0.4, -0.2) is 29.1 Å². The third-order valence-corrected chi connectivity index (χ3v) is 15.8. The number of aliphatic hydroxyl groups is 1. The van der Waals surface area contributed by atoms with Crippen LogP contribution in [0.3, 0.4) is 0 Å². The zero-order valence-corrected chi connectivity index (χ0v) is 38.2. The van der Waals surface area contributed by atoms with Crippen LogP contribution in [0.25, 0.3) is 42.6 Å². The van der Waals surface area contributed by atoms with Crippen LogP contribution in [0.1, 0.15) is 95.4 Å². The van der Waals surface area contributed by atoms with E-state index < -0.39 is 13.3 Å². The molecule has 0 aliphatic carbocycles. The molecule has 1 radical (unpaired) electrons. The number of thiophene rings is 1. The molecule has 51 heavy (non-hydrogen) atoms. The van der Waals surface area contributed by atoms with Crippen LogP contribution in [0.2, 0.25) is 17.3 Å². The van der Waals surface area contributed by atoms with E-state index in [-0.39, 0.29) is 43.5 Å². The molecule has 0 unspecified atom stereocenters. The van der Waals surface area contributed by atoms with Crippen molar-refractivity contribution in [2.45, 2.75) is 111 Å². The number of rotatable bonds is 11. The number of aromatic nitrogens is 1. The molecule has 0 aliphatic rings. The fraction of sp³-hybridized carbons (Fsp3) is 0.422. The van der Waals surface area contributed by atoms with Crippen molar-refractivity contribution in [3.05, 3.63) is 94.9 Å². The molecule has 3 aromatic carbocycles. The maximum absolute atomic E-state index is 11.7. The average Bonchev–Trinajstić information content (AvgIpc) is 3.40. The van der Waals surface area contributed by atoms with Gasteiger partial charge in [0.1, 0.15) is 0 Å². The number of hydrogen-bond donors (Lipinski definition) is 1. The Labute approximate surface area is 328 Å². The van der Waals surface area contributed by atoms with Crippen molar-refractivity contribution >= 4 is 55.6 Å². The first-order valence-corrected chi connectivity index (χ1v) is 26.7. The number of fused-ring (bicyclic) bond motifs is 2. The summed E-state index contributed by atoms with van der Waals surface area (Å²) in [5, 5.41) is 13.5. The molecule has 275 valence electrons. The molecule has 3 nitrogen and oxygen atoms in total. The second kappa shape index (κ2) is 18.5. The summed E-state index contributed by atoms with van der Waals surface area (Å²) in [5.41, 5.74) is 8.85. The molecule has 5 aromatic rings. The monoisotopic (exact) mass is 943 g/mol. The van der Waals surface area contributed by atoms with E-state index in [9.17, 15) is 9.90 Å². The topological polar surface area (TPSA) is 50.2 Å². The number of benzene rings is 3. The van der Waals surface area contributed by atoms with Crippen molar-refractivity contribution in [2.75, 3.05) is 0 Å². The number of allylic oxidation sites excluding steroid dienone is 2. The van der Waals surface area contributed by atoms with Gasteiger partial charge in [0, 0.05) is 38.0 Å². The van der Waals surface area contributed by atoms with Crippen molar-refractivity contribution in [3.63, 3.8) is 0 Å².